The fraction of sp³-hybridized carbons (Fsp3) is 0.667. The predicted molar refractivity (Wildman–Crippen MR) is 60.5 cm³/mol. The van der Waals surface area contributed by atoms with Crippen LogP contribution in [0.3, 0.4) is 0 Å². The third-order valence-corrected chi connectivity index (χ3v) is 3.41. The van der Waals surface area contributed by atoms with Gasteiger partial charge in [-0.25, -0.2) is 0 Å². The summed E-state index contributed by atoms with van der Waals surface area (Å²) in [4.78, 5) is 2.51. The van der Waals surface area contributed by atoms with Crippen LogP contribution in [0.5, 0.6) is 0 Å². The van der Waals surface area contributed by atoms with Gasteiger partial charge in [0, 0.05) is 18.2 Å². The zero-order valence-electron chi connectivity index (χ0n) is 9.36. The highest BCUT2D eigenvalue weighted by Crippen LogP contribution is 2.27. The van der Waals surface area contributed by atoms with Crippen molar-refractivity contribution in [3.8, 4) is 0 Å². The van der Waals surface area contributed by atoms with Crippen LogP contribution in [0, 0.1) is 0 Å². The molecule has 2 heterocycles. The van der Waals surface area contributed by atoms with Crippen molar-refractivity contribution in [1.29, 1.82) is 0 Å². The van der Waals surface area contributed by atoms with Gasteiger partial charge < -0.3 is 10.2 Å². The largest absolute Gasteiger partial charge is 0.472 e. The molecule has 2 N–H and O–H groups in total. The number of hydrogen-bond acceptors (Lipinski definition) is 3. The van der Waals surface area contributed by atoms with Gasteiger partial charge in [-0.05, 0) is 32.4 Å². The lowest BCUT2D eigenvalue weighted by Crippen LogP contribution is -2.42. The van der Waals surface area contributed by atoms with Crippen molar-refractivity contribution in [3.05, 3.63) is 24.2 Å². The van der Waals surface area contributed by atoms with Gasteiger partial charge in [-0.2, -0.15) is 0 Å². The second kappa shape index (κ2) is 4.81. The maximum Gasteiger partial charge on any atom is 0.0950 e. The number of nitrogens with zero attached hydrogens (tertiary/aromatic N) is 1. The normalized spacial score (nSPS) is 25.3. The Morgan fingerprint density at radius 2 is 2.47 bits per heavy atom. The Bertz CT molecular complexity index is 284. The van der Waals surface area contributed by atoms with Crippen molar-refractivity contribution in [2.75, 3.05) is 13.1 Å². The second-order valence-electron chi connectivity index (χ2n) is 4.39. The molecule has 0 bridgehead atoms. The van der Waals surface area contributed by atoms with Crippen LogP contribution in [0.2, 0.25) is 0 Å². The van der Waals surface area contributed by atoms with Crippen molar-refractivity contribution >= 4 is 0 Å². The van der Waals surface area contributed by atoms with Gasteiger partial charge in [0.25, 0.3) is 0 Å². The summed E-state index contributed by atoms with van der Waals surface area (Å²) in [6.45, 7) is 4.12. The molecular formula is C12H20N2O. The Labute approximate surface area is 91.2 Å². The lowest BCUT2D eigenvalue weighted by molar-refractivity contribution is 0.108. The molecule has 0 aromatic carbocycles. The van der Waals surface area contributed by atoms with Crippen LogP contribution in [0.15, 0.2) is 23.0 Å². The number of nitrogens with two attached hydrogens (primary N) is 1. The number of furan rings is 1. The fourth-order valence-corrected chi connectivity index (χ4v) is 2.51. The summed E-state index contributed by atoms with van der Waals surface area (Å²) in [5.41, 5.74) is 7.09. The van der Waals surface area contributed by atoms with E-state index in [0.29, 0.717) is 18.6 Å². The van der Waals surface area contributed by atoms with E-state index in [2.05, 4.69) is 11.8 Å². The average Bonchev–Trinajstić information content (AvgIpc) is 2.75. The Morgan fingerprint density at radius 1 is 1.60 bits per heavy atom. The Morgan fingerprint density at radius 3 is 3.07 bits per heavy atom. The molecule has 3 heteroatoms. The van der Waals surface area contributed by atoms with Gasteiger partial charge in [0.1, 0.15) is 0 Å². The van der Waals surface area contributed by atoms with Crippen molar-refractivity contribution in [2.24, 2.45) is 5.73 Å². The smallest absolute Gasteiger partial charge is 0.0950 e. The van der Waals surface area contributed by atoms with Crippen LogP contribution in [0.1, 0.15) is 37.8 Å². The van der Waals surface area contributed by atoms with Gasteiger partial charge in [0.15, 0.2) is 0 Å². The molecule has 1 aromatic heterocycles. The fourth-order valence-electron chi connectivity index (χ4n) is 2.51. The monoisotopic (exact) mass is 208 g/mol. The lowest BCUT2D eigenvalue weighted by Gasteiger charge is -2.38. The topological polar surface area (TPSA) is 42.4 Å². The molecule has 2 unspecified atom stereocenters. The van der Waals surface area contributed by atoms with E-state index in [4.69, 9.17) is 10.2 Å². The van der Waals surface area contributed by atoms with Gasteiger partial charge in [0.05, 0.1) is 18.6 Å². The first-order valence-electron chi connectivity index (χ1n) is 5.81. The molecule has 84 valence electrons. The highest BCUT2D eigenvalue weighted by atomic mass is 16.3. The maximum atomic E-state index is 5.87. The zero-order valence-corrected chi connectivity index (χ0v) is 9.36. The minimum absolute atomic E-state index is 0.332. The lowest BCUT2D eigenvalue weighted by atomic mass is 9.98. The molecule has 2 atom stereocenters. The van der Waals surface area contributed by atoms with Crippen LogP contribution >= 0.6 is 0 Å². The molecular weight excluding hydrogens is 188 g/mol. The molecule has 3 nitrogen and oxygen atoms in total. The molecule has 0 spiro atoms. The molecule has 1 aromatic rings. The van der Waals surface area contributed by atoms with Gasteiger partial charge in [-0.15, -0.1) is 0 Å². The van der Waals surface area contributed by atoms with Crippen LogP contribution in [0.25, 0.3) is 0 Å². The number of likely N-dealkylation sites (tertiary alicyclic amines) is 1. The summed E-state index contributed by atoms with van der Waals surface area (Å²) in [6, 6.07) is 3.00. The highest BCUT2D eigenvalue weighted by molar-refractivity contribution is 5.13. The van der Waals surface area contributed by atoms with E-state index >= 15 is 0 Å². The maximum absolute atomic E-state index is 5.87. The first-order chi connectivity index (χ1) is 7.33. The van der Waals surface area contributed by atoms with Crippen LogP contribution in [0.4, 0.5) is 0 Å². The van der Waals surface area contributed by atoms with E-state index < -0.39 is 0 Å². The van der Waals surface area contributed by atoms with Gasteiger partial charge in [0.2, 0.25) is 0 Å². The van der Waals surface area contributed by atoms with Crippen LogP contribution < -0.4 is 5.73 Å². The quantitative estimate of drug-likeness (QED) is 0.827. The molecule has 0 amide bonds. The molecule has 0 saturated carbocycles. The minimum Gasteiger partial charge on any atom is -0.472 e. The zero-order chi connectivity index (χ0) is 10.7. The van der Waals surface area contributed by atoms with Gasteiger partial charge in [-0.3, -0.25) is 4.90 Å². The number of hydrogen-bond donors (Lipinski definition) is 1. The van der Waals surface area contributed by atoms with Crippen molar-refractivity contribution in [1.82, 2.24) is 4.90 Å². The number of rotatable bonds is 3. The van der Waals surface area contributed by atoms with Crippen LogP contribution in [-0.2, 0) is 0 Å². The highest BCUT2D eigenvalue weighted by Gasteiger charge is 2.26. The predicted octanol–water partition coefficient (Wildman–Crippen LogP) is 2.15. The van der Waals surface area contributed by atoms with Crippen LogP contribution in [-0.4, -0.2) is 24.0 Å². The Kier molecular flexibility index (Phi) is 3.44. The Hall–Kier alpha value is -0.800. The molecule has 15 heavy (non-hydrogen) atoms. The van der Waals surface area contributed by atoms with E-state index in [1.165, 1.54) is 24.8 Å². The summed E-state index contributed by atoms with van der Waals surface area (Å²) in [7, 11) is 0. The Balaban J connectivity index is 2.11. The third kappa shape index (κ3) is 2.24. The minimum atomic E-state index is 0.332. The summed E-state index contributed by atoms with van der Waals surface area (Å²) >= 11 is 0. The summed E-state index contributed by atoms with van der Waals surface area (Å²) in [6.07, 6.45) is 7.47. The molecule has 1 fully saturated rings. The standard InChI is InChI=1S/C12H20N2O/c1-10-4-2-3-6-14(10)12(8-13)11-5-7-15-9-11/h5,7,9-10,12H,2-4,6,8,13H2,1H3. The molecule has 1 aliphatic heterocycles. The summed E-state index contributed by atoms with van der Waals surface area (Å²) in [5.74, 6) is 0. The second-order valence-corrected chi connectivity index (χ2v) is 4.39. The average molecular weight is 208 g/mol. The number of piperidine rings is 1. The molecule has 0 radical (unpaired) electrons. The van der Waals surface area contributed by atoms with Crippen molar-refractivity contribution < 1.29 is 4.42 Å². The molecule has 1 aliphatic rings. The summed E-state index contributed by atoms with van der Waals surface area (Å²) in [5, 5.41) is 0. The third-order valence-electron chi connectivity index (χ3n) is 3.41. The van der Waals surface area contributed by atoms with Gasteiger partial charge >= 0.3 is 0 Å². The molecule has 0 aliphatic carbocycles. The van der Waals surface area contributed by atoms with E-state index in [-0.39, 0.29) is 0 Å². The first-order valence-corrected chi connectivity index (χ1v) is 5.81. The molecule has 1 saturated heterocycles. The van der Waals surface area contributed by atoms with Crippen molar-refractivity contribution in [2.45, 2.75) is 38.3 Å². The first kappa shape index (κ1) is 10.7. The van der Waals surface area contributed by atoms with E-state index in [1.807, 2.05) is 12.3 Å². The SMILES string of the molecule is CC1CCCCN1C(CN)c1ccoc1. The van der Waals surface area contributed by atoms with E-state index in [9.17, 15) is 0 Å². The molecule has 2 rings (SSSR count). The van der Waals surface area contributed by atoms with E-state index in [1.54, 1.807) is 6.26 Å². The van der Waals surface area contributed by atoms with Gasteiger partial charge in [-0.1, -0.05) is 6.42 Å². The summed E-state index contributed by atoms with van der Waals surface area (Å²) < 4.78 is 5.14. The van der Waals surface area contributed by atoms with Crippen molar-refractivity contribution in [3.63, 3.8) is 0 Å². The van der Waals surface area contributed by atoms with E-state index in [0.717, 1.165) is 6.54 Å².